The largest absolute Gasteiger partial charge is 1.00 e. The number of nitrogens with zero attached hydrogens (tertiary/aromatic N) is 1. The molecule has 0 aromatic rings. The molecule has 0 aromatic heterocycles. The van der Waals surface area contributed by atoms with Crippen molar-refractivity contribution in [1.82, 2.24) is 4.90 Å². The summed E-state index contributed by atoms with van der Waals surface area (Å²) >= 11 is 0. The quantitative estimate of drug-likeness (QED) is 0.357. The zero-order valence-electron chi connectivity index (χ0n) is 7.86. The molecular weight excluding hydrogens is 205 g/mol. The molecule has 1 heterocycles. The van der Waals surface area contributed by atoms with Gasteiger partial charge in [-0.2, -0.15) is 0 Å². The van der Waals surface area contributed by atoms with E-state index in [2.05, 4.69) is 0 Å². The first kappa shape index (κ1) is 13.8. The van der Waals surface area contributed by atoms with E-state index in [-0.39, 0.29) is 42.4 Å². The molecule has 0 bridgehead atoms. The molecule has 0 spiro atoms. The van der Waals surface area contributed by atoms with E-state index in [1.807, 2.05) is 11.9 Å². The molecule has 7 heteroatoms. The molecule has 0 atom stereocenters. The minimum Gasteiger partial charge on any atom is -0.746 e. The molecule has 0 saturated carbocycles. The van der Waals surface area contributed by atoms with Crippen molar-refractivity contribution in [2.75, 3.05) is 20.1 Å². The second-order valence-corrected chi connectivity index (χ2v) is 4.87. The minimum absolute atomic E-state index is 0. The normalized spacial score (nSPS) is 23.6. The van der Waals surface area contributed by atoms with Gasteiger partial charge in [0.05, 0.1) is 0 Å². The third kappa shape index (κ3) is 3.16. The first-order chi connectivity index (χ1) is 5.35. The second-order valence-electron chi connectivity index (χ2n) is 3.20. The van der Waals surface area contributed by atoms with Crippen molar-refractivity contribution in [3.8, 4) is 0 Å². The van der Waals surface area contributed by atoms with Gasteiger partial charge >= 0.3 is 29.6 Å². The second kappa shape index (κ2) is 4.57. The Morgan fingerprint density at radius 1 is 1.38 bits per heavy atom. The average molecular weight is 217 g/mol. The zero-order valence-corrected chi connectivity index (χ0v) is 10.7. The van der Waals surface area contributed by atoms with Crippen molar-refractivity contribution in [3.63, 3.8) is 0 Å². The summed E-state index contributed by atoms with van der Waals surface area (Å²) in [6.45, 7) is 0.885. The summed E-state index contributed by atoms with van der Waals surface area (Å²) in [6.07, 6.45) is 0.0185. The fraction of sp³-hybridized carbons (Fsp3) is 1.00. The Morgan fingerprint density at radius 3 is 2.08 bits per heavy atom. The van der Waals surface area contributed by atoms with Gasteiger partial charge in [-0.1, -0.05) is 0 Å². The van der Waals surface area contributed by atoms with E-state index in [1.165, 1.54) is 0 Å². The van der Waals surface area contributed by atoms with Gasteiger partial charge in [-0.15, -0.1) is 0 Å². The summed E-state index contributed by atoms with van der Waals surface area (Å²) in [5, 5.41) is 9.40. The molecule has 1 aliphatic rings. The van der Waals surface area contributed by atoms with E-state index in [0.717, 1.165) is 0 Å². The predicted octanol–water partition coefficient (Wildman–Crippen LogP) is -4.05. The van der Waals surface area contributed by atoms with Crippen LogP contribution in [0.2, 0.25) is 0 Å². The first-order valence-corrected chi connectivity index (χ1v) is 5.12. The molecule has 1 rings (SSSR count). The van der Waals surface area contributed by atoms with E-state index in [1.54, 1.807) is 0 Å². The van der Waals surface area contributed by atoms with Gasteiger partial charge in [0.1, 0.15) is 10.1 Å². The summed E-state index contributed by atoms with van der Waals surface area (Å²) in [6, 6.07) is 0. The van der Waals surface area contributed by atoms with Crippen LogP contribution in [0.15, 0.2) is 0 Å². The molecule has 0 amide bonds. The maximum Gasteiger partial charge on any atom is 1.00 e. The predicted molar refractivity (Wildman–Crippen MR) is 41.4 cm³/mol. The van der Waals surface area contributed by atoms with Crippen molar-refractivity contribution in [2.24, 2.45) is 0 Å². The Balaban J connectivity index is 0.00000144. The number of hydrogen-bond acceptors (Lipinski definition) is 5. The van der Waals surface area contributed by atoms with E-state index < -0.39 is 15.1 Å². The molecule has 1 saturated heterocycles. The summed E-state index contributed by atoms with van der Waals surface area (Å²) in [7, 11) is -2.75. The van der Waals surface area contributed by atoms with Crippen LogP contribution in [0.3, 0.4) is 0 Å². The minimum atomic E-state index is -4.57. The van der Waals surface area contributed by atoms with Gasteiger partial charge < -0.3 is 14.6 Å². The maximum atomic E-state index is 10.6. The molecule has 0 unspecified atom stereocenters. The van der Waals surface area contributed by atoms with Crippen LogP contribution in [-0.4, -0.2) is 48.0 Å². The van der Waals surface area contributed by atoms with E-state index >= 15 is 0 Å². The van der Waals surface area contributed by atoms with Gasteiger partial charge in [-0.25, -0.2) is 8.42 Å². The average Bonchev–Trinajstić information content (AvgIpc) is 1.93. The fourth-order valence-corrected chi connectivity index (χ4v) is 1.90. The van der Waals surface area contributed by atoms with Crippen molar-refractivity contribution in [3.05, 3.63) is 0 Å². The van der Waals surface area contributed by atoms with Gasteiger partial charge in [0, 0.05) is 25.9 Å². The third-order valence-electron chi connectivity index (χ3n) is 2.23. The van der Waals surface area contributed by atoms with Gasteiger partial charge in [0.25, 0.3) is 0 Å². The number of likely N-dealkylation sites (tertiary alicyclic amines) is 1. The number of piperidine rings is 1. The molecule has 0 aromatic carbocycles. The van der Waals surface area contributed by atoms with Crippen molar-refractivity contribution < 1.29 is 47.6 Å². The molecular formula is C6H12NNaO4S. The Labute approximate surface area is 100 Å². The van der Waals surface area contributed by atoms with E-state index in [9.17, 15) is 18.1 Å². The monoisotopic (exact) mass is 217 g/mol. The van der Waals surface area contributed by atoms with Crippen LogP contribution >= 0.6 is 0 Å². The Bertz CT molecular complexity index is 258. The summed E-state index contributed by atoms with van der Waals surface area (Å²) in [5.74, 6) is 0. The molecule has 1 aliphatic heterocycles. The summed E-state index contributed by atoms with van der Waals surface area (Å²) in [5.41, 5.74) is 0. The Hall–Kier alpha value is 0.830. The fourth-order valence-electron chi connectivity index (χ4n) is 1.22. The standard InChI is InChI=1S/C6H13NO4S.Na/c1-7-4-2-6(8,3-5-7)12(9,10)11;/h8H,2-5H2,1H3,(H,9,10,11);/q;+1/p-1. The van der Waals surface area contributed by atoms with Crippen LogP contribution in [0.5, 0.6) is 0 Å². The Morgan fingerprint density at radius 2 is 1.77 bits per heavy atom. The van der Waals surface area contributed by atoms with Crippen LogP contribution in [0, 0.1) is 0 Å². The van der Waals surface area contributed by atoms with Crippen LogP contribution < -0.4 is 29.6 Å². The van der Waals surface area contributed by atoms with Crippen LogP contribution in [-0.2, 0) is 10.1 Å². The van der Waals surface area contributed by atoms with E-state index in [0.29, 0.717) is 13.1 Å². The molecule has 5 nitrogen and oxygen atoms in total. The number of aliphatic hydroxyl groups is 1. The van der Waals surface area contributed by atoms with Gasteiger partial charge in [-0.3, -0.25) is 0 Å². The number of hydrogen-bond donors (Lipinski definition) is 1. The van der Waals surface area contributed by atoms with Crippen LogP contribution in [0.1, 0.15) is 12.8 Å². The topological polar surface area (TPSA) is 80.7 Å². The van der Waals surface area contributed by atoms with Crippen molar-refractivity contribution in [1.29, 1.82) is 0 Å². The first-order valence-electron chi connectivity index (χ1n) is 3.71. The molecule has 1 N–H and O–H groups in total. The van der Waals surface area contributed by atoms with Crippen molar-refractivity contribution >= 4 is 10.1 Å². The Kier molecular flexibility index (Phi) is 4.86. The molecule has 13 heavy (non-hydrogen) atoms. The number of rotatable bonds is 1. The SMILES string of the molecule is CN1CCC(O)(S(=O)(=O)[O-])CC1.[Na+]. The summed E-state index contributed by atoms with van der Waals surface area (Å²) < 4.78 is 31.8. The van der Waals surface area contributed by atoms with Gasteiger partial charge in [-0.05, 0) is 7.05 Å². The summed E-state index contributed by atoms with van der Waals surface area (Å²) in [4.78, 5) is -0.154. The van der Waals surface area contributed by atoms with Crippen LogP contribution in [0.25, 0.3) is 0 Å². The smallest absolute Gasteiger partial charge is 0.746 e. The third-order valence-corrected chi connectivity index (χ3v) is 3.57. The zero-order chi connectivity index (χ0) is 9.41. The molecule has 0 radical (unpaired) electrons. The molecule has 72 valence electrons. The van der Waals surface area contributed by atoms with Gasteiger partial charge in [0.15, 0.2) is 4.93 Å². The molecule has 0 aliphatic carbocycles. The van der Waals surface area contributed by atoms with Crippen molar-refractivity contribution in [2.45, 2.75) is 17.8 Å². The van der Waals surface area contributed by atoms with Crippen LogP contribution in [0.4, 0.5) is 0 Å². The van der Waals surface area contributed by atoms with Gasteiger partial charge in [0.2, 0.25) is 0 Å². The van der Waals surface area contributed by atoms with E-state index in [4.69, 9.17) is 0 Å². The maximum absolute atomic E-state index is 10.6. The molecule has 1 fully saturated rings.